The number of unbranched alkanes of at least 4 members (excludes halogenated alkanes) is 1. The summed E-state index contributed by atoms with van der Waals surface area (Å²) in [7, 11) is 0. The van der Waals surface area contributed by atoms with Gasteiger partial charge >= 0.3 is 0 Å². The van der Waals surface area contributed by atoms with Gasteiger partial charge in [0.25, 0.3) is 5.56 Å². The molecular weight excluding hydrogens is 420 g/mol. The van der Waals surface area contributed by atoms with E-state index in [1.807, 2.05) is 18.2 Å². The second-order valence-electron chi connectivity index (χ2n) is 9.02. The molecule has 0 spiro atoms. The number of hydrogen-bond donors (Lipinski definition) is 1. The number of nitrogens with zero attached hydrogens (tertiary/aromatic N) is 2. The van der Waals surface area contributed by atoms with Gasteiger partial charge in [0.1, 0.15) is 22.2 Å². The van der Waals surface area contributed by atoms with Gasteiger partial charge < -0.3 is 9.52 Å². The fourth-order valence-corrected chi connectivity index (χ4v) is 6.22. The molecule has 1 saturated carbocycles. The second-order valence-corrected chi connectivity index (χ2v) is 10.0. The molecule has 32 heavy (non-hydrogen) atoms. The van der Waals surface area contributed by atoms with Crippen LogP contribution in [0.5, 0.6) is 5.75 Å². The lowest BCUT2D eigenvalue weighted by atomic mass is 10.0. The summed E-state index contributed by atoms with van der Waals surface area (Å²) < 4.78 is 8.15. The SMILES string of the molecule is CCCCc1ccc(O)c2sc3nc(CCC4CCCC4)n(Cc4ccco4)c(=O)c3c12. The number of hydrogen-bond acceptors (Lipinski definition) is 5. The van der Waals surface area contributed by atoms with Crippen LogP contribution >= 0.6 is 11.3 Å². The van der Waals surface area contributed by atoms with E-state index in [0.29, 0.717) is 11.9 Å². The van der Waals surface area contributed by atoms with Crippen molar-refractivity contribution in [3.63, 3.8) is 0 Å². The molecule has 5 nitrogen and oxygen atoms in total. The van der Waals surface area contributed by atoms with Gasteiger partial charge in [-0.15, -0.1) is 11.3 Å². The van der Waals surface area contributed by atoms with Crippen LogP contribution in [0.25, 0.3) is 20.3 Å². The van der Waals surface area contributed by atoms with E-state index in [2.05, 4.69) is 6.92 Å². The molecule has 0 unspecified atom stereocenters. The van der Waals surface area contributed by atoms with Crippen LogP contribution in [-0.2, 0) is 19.4 Å². The maximum atomic E-state index is 13.9. The summed E-state index contributed by atoms with van der Waals surface area (Å²) in [4.78, 5) is 19.6. The van der Waals surface area contributed by atoms with Gasteiger partial charge in [-0.1, -0.05) is 45.1 Å². The lowest BCUT2D eigenvalue weighted by molar-refractivity contribution is 0.464. The Morgan fingerprint density at radius 1 is 1.19 bits per heavy atom. The Kier molecular flexibility index (Phi) is 6.05. The first-order chi connectivity index (χ1) is 15.7. The topological polar surface area (TPSA) is 68.3 Å². The van der Waals surface area contributed by atoms with Gasteiger partial charge in [0.2, 0.25) is 0 Å². The van der Waals surface area contributed by atoms with Crippen LogP contribution in [-0.4, -0.2) is 14.7 Å². The van der Waals surface area contributed by atoms with Gasteiger partial charge in [0.15, 0.2) is 0 Å². The number of aromatic nitrogens is 2. The third-order valence-corrected chi connectivity index (χ3v) is 7.94. The largest absolute Gasteiger partial charge is 0.506 e. The molecule has 1 aliphatic carbocycles. The number of fused-ring (bicyclic) bond motifs is 3. The number of furan rings is 1. The number of phenolic OH excluding ortho intramolecular Hbond substituents is 1. The predicted octanol–water partition coefficient (Wildman–Crippen LogP) is 6.42. The van der Waals surface area contributed by atoms with E-state index in [1.165, 1.54) is 37.0 Å². The minimum atomic E-state index is -0.0255. The van der Waals surface area contributed by atoms with Crippen LogP contribution in [0.4, 0.5) is 0 Å². The zero-order valence-corrected chi connectivity index (χ0v) is 19.4. The summed E-state index contributed by atoms with van der Waals surface area (Å²) in [5.41, 5.74) is 1.09. The van der Waals surface area contributed by atoms with Crippen molar-refractivity contribution in [2.24, 2.45) is 5.92 Å². The average molecular weight is 451 g/mol. The van der Waals surface area contributed by atoms with Crippen molar-refractivity contribution in [2.45, 2.75) is 71.3 Å². The molecule has 6 heteroatoms. The van der Waals surface area contributed by atoms with Crippen molar-refractivity contribution in [1.29, 1.82) is 0 Å². The molecule has 1 aliphatic rings. The Labute approximate surface area is 191 Å². The molecule has 4 aromatic rings. The summed E-state index contributed by atoms with van der Waals surface area (Å²) in [6.07, 6.45) is 11.7. The van der Waals surface area contributed by atoms with Crippen LogP contribution in [0, 0.1) is 5.92 Å². The molecule has 3 aromatic heterocycles. The van der Waals surface area contributed by atoms with E-state index < -0.39 is 0 Å². The van der Waals surface area contributed by atoms with Gasteiger partial charge in [0, 0.05) is 11.8 Å². The zero-order valence-electron chi connectivity index (χ0n) is 18.6. The molecule has 1 N–H and O–H groups in total. The van der Waals surface area contributed by atoms with Gasteiger partial charge in [-0.05, 0) is 48.9 Å². The van der Waals surface area contributed by atoms with Gasteiger partial charge in [0.05, 0.1) is 22.9 Å². The summed E-state index contributed by atoms with van der Waals surface area (Å²) >= 11 is 1.44. The first-order valence-electron chi connectivity index (χ1n) is 11.8. The van der Waals surface area contributed by atoms with Crippen LogP contribution in [0.2, 0.25) is 0 Å². The molecule has 0 amide bonds. The highest BCUT2D eigenvalue weighted by Gasteiger charge is 2.22. The Morgan fingerprint density at radius 3 is 2.78 bits per heavy atom. The van der Waals surface area contributed by atoms with Crippen molar-refractivity contribution >= 4 is 31.6 Å². The van der Waals surface area contributed by atoms with Gasteiger partial charge in [-0.25, -0.2) is 4.98 Å². The van der Waals surface area contributed by atoms with Crippen LogP contribution < -0.4 is 5.56 Å². The fraction of sp³-hybridized carbons (Fsp3) is 0.462. The molecule has 0 saturated heterocycles. The minimum absolute atomic E-state index is 0.0255. The molecule has 0 aliphatic heterocycles. The highest BCUT2D eigenvalue weighted by Crippen LogP contribution is 2.39. The normalized spacial score (nSPS) is 14.8. The van der Waals surface area contributed by atoms with Crippen molar-refractivity contribution in [3.8, 4) is 5.75 Å². The molecule has 0 radical (unpaired) electrons. The summed E-state index contributed by atoms with van der Waals surface area (Å²) in [6.45, 7) is 2.55. The molecule has 0 bridgehead atoms. The van der Waals surface area contributed by atoms with Crippen molar-refractivity contribution in [1.82, 2.24) is 9.55 Å². The zero-order chi connectivity index (χ0) is 22.1. The van der Waals surface area contributed by atoms with E-state index in [-0.39, 0.29) is 11.3 Å². The average Bonchev–Trinajstić information content (AvgIpc) is 3.55. The minimum Gasteiger partial charge on any atom is -0.506 e. The maximum Gasteiger partial charge on any atom is 0.263 e. The fourth-order valence-electron chi connectivity index (χ4n) is 5.07. The first kappa shape index (κ1) is 21.3. The van der Waals surface area contributed by atoms with E-state index >= 15 is 0 Å². The van der Waals surface area contributed by atoms with E-state index in [1.54, 1.807) is 16.9 Å². The smallest absolute Gasteiger partial charge is 0.263 e. The number of phenols is 1. The Morgan fingerprint density at radius 2 is 2.03 bits per heavy atom. The summed E-state index contributed by atoms with van der Waals surface area (Å²) in [6, 6.07) is 7.47. The number of thiophene rings is 1. The standard InChI is InChI=1S/C26H30N2O3S/c1-2-3-9-18-12-13-20(29)24-22(18)23-25(32-24)27-21(14-11-17-7-4-5-8-17)28(26(23)30)16-19-10-6-15-31-19/h6,10,12-13,15,17,29H,2-5,7-9,11,14,16H2,1H3. The van der Waals surface area contributed by atoms with Crippen molar-refractivity contribution in [2.75, 3.05) is 0 Å². The maximum absolute atomic E-state index is 13.9. The first-order valence-corrected chi connectivity index (χ1v) is 12.7. The molecule has 1 fully saturated rings. The highest BCUT2D eigenvalue weighted by molar-refractivity contribution is 7.25. The van der Waals surface area contributed by atoms with E-state index in [4.69, 9.17) is 9.40 Å². The molecule has 0 atom stereocenters. The lowest BCUT2D eigenvalue weighted by Crippen LogP contribution is -2.26. The molecule has 3 heterocycles. The van der Waals surface area contributed by atoms with E-state index in [0.717, 1.165) is 70.1 Å². The summed E-state index contributed by atoms with van der Waals surface area (Å²) in [5.74, 6) is 2.54. The van der Waals surface area contributed by atoms with Crippen molar-refractivity contribution < 1.29 is 9.52 Å². The predicted molar refractivity (Wildman–Crippen MR) is 130 cm³/mol. The van der Waals surface area contributed by atoms with Crippen LogP contribution in [0.1, 0.15) is 69.0 Å². The lowest BCUT2D eigenvalue weighted by Gasteiger charge is -2.14. The number of rotatable bonds is 8. The Bertz CT molecular complexity index is 1280. The number of aromatic hydroxyl groups is 1. The summed E-state index contributed by atoms with van der Waals surface area (Å²) in [5, 5.41) is 12.1. The molecular formula is C26H30N2O3S. The van der Waals surface area contributed by atoms with Crippen LogP contribution in [0.15, 0.2) is 39.7 Å². The third-order valence-electron chi connectivity index (χ3n) is 6.83. The van der Waals surface area contributed by atoms with Crippen molar-refractivity contribution in [3.05, 3.63) is 58.0 Å². The molecule has 1 aromatic carbocycles. The third kappa shape index (κ3) is 3.96. The Hall–Kier alpha value is -2.60. The molecule has 5 rings (SSSR count). The Balaban J connectivity index is 1.67. The second kappa shape index (κ2) is 9.10. The quantitative estimate of drug-likeness (QED) is 0.336. The van der Waals surface area contributed by atoms with E-state index in [9.17, 15) is 9.90 Å². The van der Waals surface area contributed by atoms with Gasteiger partial charge in [-0.3, -0.25) is 9.36 Å². The monoisotopic (exact) mass is 450 g/mol. The highest BCUT2D eigenvalue weighted by atomic mass is 32.1. The van der Waals surface area contributed by atoms with Crippen LogP contribution in [0.3, 0.4) is 0 Å². The number of aryl methyl sites for hydroxylation is 2. The van der Waals surface area contributed by atoms with Gasteiger partial charge in [-0.2, -0.15) is 0 Å². The molecule has 168 valence electrons. The number of benzene rings is 1.